The van der Waals surface area contributed by atoms with Crippen molar-refractivity contribution in [3.63, 3.8) is 0 Å². The second kappa shape index (κ2) is 13.2. The molecule has 4 fully saturated rings. The lowest BCUT2D eigenvalue weighted by molar-refractivity contribution is -0.135. The normalized spacial score (nSPS) is 24.3. The molecule has 3 aromatic heterocycles. The highest BCUT2D eigenvalue weighted by molar-refractivity contribution is 6.33. The predicted octanol–water partition coefficient (Wildman–Crippen LogP) is 3.13. The van der Waals surface area contributed by atoms with Crippen LogP contribution in [0.5, 0.6) is 5.75 Å². The minimum absolute atomic E-state index is 0.0853. The van der Waals surface area contributed by atoms with Gasteiger partial charge in [0.1, 0.15) is 11.1 Å². The molecule has 4 unspecified atom stereocenters. The van der Waals surface area contributed by atoms with E-state index in [9.17, 15) is 19.2 Å². The molecule has 3 saturated heterocycles. The highest BCUT2D eigenvalue weighted by atomic mass is 35.5. The van der Waals surface area contributed by atoms with Gasteiger partial charge in [0.25, 0.3) is 11.5 Å². The Labute approximate surface area is 315 Å². The summed E-state index contributed by atoms with van der Waals surface area (Å²) in [5.41, 5.74) is 3.36. The number of pyridine rings is 1. The first-order chi connectivity index (χ1) is 26.1. The standard InChI is InChI=1S/C38H41ClN10O5/c1-40-30(51)18-54-28-16-21-15-22(3-5-25(21)46(2)36(28)53)43-34-24(39)17-41-37(45-34)48-14-11-38(19-48)9-12-47(13-10-38)33-23-4-6-26-32(31(23)33)42-20-49(26)27-7-8-29(50)44-35(27)52/h3-6,15-17,20,23,27,31,33H,7-14,18-19H2,1-2H3,(H,40,51)(H,41,43,45)(H,44,50,52). The van der Waals surface area contributed by atoms with Crippen molar-refractivity contribution >= 4 is 63.8 Å². The maximum atomic E-state index is 12.8. The molecular weight excluding hydrogens is 712 g/mol. The number of carbonyl (C=O) groups excluding carboxylic acids is 3. The van der Waals surface area contributed by atoms with Gasteiger partial charge in [0.05, 0.1) is 29.4 Å². The summed E-state index contributed by atoms with van der Waals surface area (Å²) >= 11 is 6.60. The molecule has 4 atom stereocenters. The lowest BCUT2D eigenvalue weighted by Crippen LogP contribution is -2.43. The number of likely N-dealkylation sites (tertiary alicyclic amines) is 1. The third-order valence-corrected chi connectivity index (χ3v) is 12.3. The number of amides is 3. The highest BCUT2D eigenvalue weighted by Gasteiger charge is 2.57. The van der Waals surface area contributed by atoms with E-state index in [0.717, 1.165) is 67.9 Å². The first-order valence-corrected chi connectivity index (χ1v) is 18.8. The molecule has 1 spiro atoms. The summed E-state index contributed by atoms with van der Waals surface area (Å²) in [4.78, 5) is 68.0. The number of hydrogen-bond acceptors (Lipinski definition) is 11. The number of benzene rings is 1. The quantitative estimate of drug-likeness (QED) is 0.226. The number of likely N-dealkylation sites (N-methyl/N-ethyl adjacent to an activating group) is 1. The number of anilines is 3. The van der Waals surface area contributed by atoms with Gasteiger partial charge in [-0.15, -0.1) is 0 Å². The summed E-state index contributed by atoms with van der Waals surface area (Å²) in [6.07, 6.45) is 11.9. The lowest BCUT2D eigenvalue weighted by atomic mass is 9.77. The van der Waals surface area contributed by atoms with E-state index in [2.05, 4.69) is 42.9 Å². The van der Waals surface area contributed by atoms with Crippen LogP contribution in [0.15, 0.2) is 47.7 Å². The lowest BCUT2D eigenvalue weighted by Gasteiger charge is -2.39. The average molecular weight is 753 g/mol. The van der Waals surface area contributed by atoms with Crippen molar-refractivity contribution in [3.8, 4) is 5.75 Å². The van der Waals surface area contributed by atoms with E-state index in [1.54, 1.807) is 25.6 Å². The van der Waals surface area contributed by atoms with Crippen LogP contribution in [-0.4, -0.2) is 92.6 Å². The van der Waals surface area contributed by atoms with Gasteiger partial charge in [-0.2, -0.15) is 4.98 Å². The molecule has 4 aromatic rings. The number of aromatic nitrogens is 5. The predicted molar refractivity (Wildman–Crippen MR) is 202 cm³/mol. The van der Waals surface area contributed by atoms with Crippen molar-refractivity contribution in [2.75, 3.05) is 50.1 Å². The Morgan fingerprint density at radius 1 is 1.11 bits per heavy atom. The molecule has 6 heterocycles. The van der Waals surface area contributed by atoms with Gasteiger partial charge in [0.15, 0.2) is 18.2 Å². The number of imide groups is 1. The second-order valence-corrected chi connectivity index (χ2v) is 15.6. The van der Waals surface area contributed by atoms with Gasteiger partial charge in [-0.3, -0.25) is 29.4 Å². The van der Waals surface area contributed by atoms with Gasteiger partial charge < -0.3 is 29.4 Å². The van der Waals surface area contributed by atoms with E-state index in [-0.39, 0.29) is 41.1 Å². The molecule has 9 rings (SSSR count). The maximum absolute atomic E-state index is 12.8. The number of rotatable bonds is 8. The van der Waals surface area contributed by atoms with Crippen LogP contribution in [-0.2, 0) is 21.4 Å². The monoisotopic (exact) mass is 752 g/mol. The Morgan fingerprint density at radius 3 is 2.72 bits per heavy atom. The number of hydrogen-bond donors (Lipinski definition) is 3. The molecule has 0 bridgehead atoms. The molecule has 5 aliphatic rings. The largest absolute Gasteiger partial charge is 0.478 e. The zero-order valence-corrected chi connectivity index (χ0v) is 30.8. The zero-order valence-electron chi connectivity index (χ0n) is 30.0. The van der Waals surface area contributed by atoms with Crippen molar-refractivity contribution in [3.05, 3.63) is 69.6 Å². The van der Waals surface area contributed by atoms with Crippen molar-refractivity contribution in [1.82, 2.24) is 39.6 Å². The molecule has 3 aliphatic heterocycles. The molecule has 0 radical (unpaired) electrons. The highest BCUT2D eigenvalue weighted by Crippen LogP contribution is 2.57. The number of fused-ring (bicyclic) bond motifs is 4. The zero-order chi connectivity index (χ0) is 37.3. The number of aryl methyl sites for hydroxylation is 1. The van der Waals surface area contributed by atoms with Crippen molar-refractivity contribution in [1.29, 1.82) is 0 Å². The number of nitrogens with one attached hydrogen (secondary N) is 3. The topological polar surface area (TPSA) is 169 Å². The van der Waals surface area contributed by atoms with Crippen LogP contribution in [0, 0.1) is 11.3 Å². The van der Waals surface area contributed by atoms with Gasteiger partial charge in [0, 0.05) is 62.6 Å². The summed E-state index contributed by atoms with van der Waals surface area (Å²) in [7, 11) is 3.18. The van der Waals surface area contributed by atoms with Crippen LogP contribution in [0.25, 0.3) is 17.0 Å². The van der Waals surface area contributed by atoms with Gasteiger partial charge in [0.2, 0.25) is 17.8 Å². The van der Waals surface area contributed by atoms with Crippen LogP contribution >= 0.6 is 11.6 Å². The fourth-order valence-corrected chi connectivity index (χ4v) is 9.11. The molecule has 3 amide bonds. The molecule has 15 nitrogen and oxygen atoms in total. The molecule has 3 N–H and O–H groups in total. The first-order valence-electron chi connectivity index (χ1n) is 18.5. The second-order valence-electron chi connectivity index (χ2n) is 15.1. The minimum atomic E-state index is -0.400. The van der Waals surface area contributed by atoms with Crippen LogP contribution in [0.4, 0.5) is 17.5 Å². The number of carbonyl (C=O) groups is 3. The smallest absolute Gasteiger partial charge is 0.293 e. The van der Waals surface area contributed by atoms with E-state index in [4.69, 9.17) is 26.3 Å². The average Bonchev–Trinajstić information content (AvgIpc) is 3.51. The molecule has 1 saturated carbocycles. The van der Waals surface area contributed by atoms with Crippen molar-refractivity contribution in [2.45, 2.75) is 50.1 Å². The Bertz CT molecular complexity index is 2300. The summed E-state index contributed by atoms with van der Waals surface area (Å²) < 4.78 is 8.96. The minimum Gasteiger partial charge on any atom is -0.478 e. The Hall–Kier alpha value is -5.28. The number of halogens is 1. The van der Waals surface area contributed by atoms with Crippen molar-refractivity contribution < 1.29 is 19.1 Å². The number of imidazole rings is 1. The Kier molecular flexibility index (Phi) is 8.45. The molecule has 280 valence electrons. The summed E-state index contributed by atoms with van der Waals surface area (Å²) in [6, 6.07) is 7.24. The molecule has 1 aromatic carbocycles. The van der Waals surface area contributed by atoms with Gasteiger partial charge in [-0.25, -0.2) is 9.97 Å². The molecule has 16 heteroatoms. The Balaban J connectivity index is 0.846. The third kappa shape index (κ3) is 5.99. The molecular formula is C38H41ClN10O5. The van der Waals surface area contributed by atoms with E-state index >= 15 is 0 Å². The third-order valence-electron chi connectivity index (χ3n) is 12.1. The fraction of sp³-hybridized carbons (Fsp3) is 0.447. The fourth-order valence-electron chi connectivity index (χ4n) is 8.97. The number of ether oxygens (including phenoxy) is 1. The van der Waals surface area contributed by atoms with E-state index < -0.39 is 6.04 Å². The Morgan fingerprint density at radius 2 is 1.93 bits per heavy atom. The maximum Gasteiger partial charge on any atom is 0.293 e. The van der Waals surface area contributed by atoms with Crippen LogP contribution in [0.1, 0.15) is 55.5 Å². The van der Waals surface area contributed by atoms with Crippen molar-refractivity contribution in [2.24, 2.45) is 18.4 Å². The van der Waals surface area contributed by atoms with Gasteiger partial charge in [-0.1, -0.05) is 17.7 Å². The van der Waals surface area contributed by atoms with Crippen LogP contribution < -0.4 is 31.1 Å². The number of nitrogens with zero attached hydrogens (tertiary/aromatic N) is 7. The molecule has 2 aliphatic carbocycles. The molecule has 54 heavy (non-hydrogen) atoms. The van der Waals surface area contributed by atoms with E-state index in [0.29, 0.717) is 53.0 Å². The first kappa shape index (κ1) is 34.5. The SMILES string of the molecule is CNC(=O)COc1cc2cc(Nc3nc(N4CCC5(CCN(C6C7C=Cc8c(ncn8C8CCC(=O)NC8=O)C76)CC5)C4)ncc3Cl)ccc2n(C)c1=O. The van der Waals surface area contributed by atoms with Crippen LogP contribution in [0.2, 0.25) is 5.02 Å². The number of piperidine rings is 2. The van der Waals surface area contributed by atoms with Crippen LogP contribution in [0.3, 0.4) is 0 Å². The summed E-state index contributed by atoms with van der Waals surface area (Å²) in [5.74, 6) is 1.18. The van der Waals surface area contributed by atoms with Gasteiger partial charge >= 0.3 is 0 Å². The van der Waals surface area contributed by atoms with E-state index in [1.807, 2.05) is 22.8 Å². The van der Waals surface area contributed by atoms with Gasteiger partial charge in [-0.05, 0) is 74.5 Å². The summed E-state index contributed by atoms with van der Waals surface area (Å²) in [6.45, 7) is 3.52. The van der Waals surface area contributed by atoms with E-state index in [1.165, 1.54) is 11.6 Å². The summed E-state index contributed by atoms with van der Waals surface area (Å²) in [5, 5.41) is 9.44.